The molecule has 1 aliphatic rings. The molecule has 0 radical (unpaired) electrons. The molecule has 1 aromatic heterocycles. The first-order valence-electron chi connectivity index (χ1n) is 4.25. The molecule has 0 aromatic carbocycles. The van der Waals surface area contributed by atoms with E-state index in [1.807, 2.05) is 0 Å². The number of nitrogens with zero attached hydrogens (tertiary/aromatic N) is 3. The molecule has 0 atom stereocenters. The van der Waals surface area contributed by atoms with Gasteiger partial charge in [0.25, 0.3) is 0 Å². The lowest BCUT2D eigenvalue weighted by Gasteiger charge is -2.03. The first kappa shape index (κ1) is 8.03. The molecule has 0 aliphatic heterocycles. The van der Waals surface area contributed by atoms with Crippen molar-refractivity contribution in [1.82, 2.24) is 15.0 Å². The second-order valence-corrected chi connectivity index (χ2v) is 3.20. The van der Waals surface area contributed by atoms with Gasteiger partial charge in [0.05, 0.1) is 0 Å². The molecule has 0 spiro atoms. The van der Waals surface area contributed by atoms with Gasteiger partial charge in [-0.05, 0) is 18.8 Å². The van der Waals surface area contributed by atoms with Crippen LogP contribution in [0.4, 0.5) is 17.8 Å². The van der Waals surface area contributed by atoms with Gasteiger partial charge in [0.2, 0.25) is 17.8 Å². The summed E-state index contributed by atoms with van der Waals surface area (Å²) in [5.74, 6) is 1.55. The van der Waals surface area contributed by atoms with Crippen LogP contribution in [0.15, 0.2) is 0 Å². The van der Waals surface area contributed by atoms with Gasteiger partial charge in [-0.2, -0.15) is 15.0 Å². The van der Waals surface area contributed by atoms with E-state index in [2.05, 4.69) is 20.3 Å². The lowest BCUT2D eigenvalue weighted by Crippen LogP contribution is -2.11. The smallest absolute Gasteiger partial charge is 0.229 e. The summed E-state index contributed by atoms with van der Waals surface area (Å²) in [6.07, 6.45) is 2.56. The summed E-state index contributed by atoms with van der Waals surface area (Å²) in [4.78, 5) is 11.5. The maximum absolute atomic E-state index is 5.40. The van der Waals surface area contributed by atoms with Crippen LogP contribution in [0, 0.1) is 5.92 Å². The fraction of sp³-hybridized carbons (Fsp3) is 0.571. The van der Waals surface area contributed by atoms with E-state index in [1.165, 1.54) is 12.8 Å². The van der Waals surface area contributed by atoms with Crippen molar-refractivity contribution in [3.05, 3.63) is 0 Å². The van der Waals surface area contributed by atoms with Gasteiger partial charge in [-0.3, -0.25) is 0 Å². The second-order valence-electron chi connectivity index (χ2n) is 3.20. The number of aromatic nitrogens is 3. The zero-order chi connectivity index (χ0) is 9.26. The van der Waals surface area contributed by atoms with Crippen molar-refractivity contribution in [1.29, 1.82) is 0 Å². The van der Waals surface area contributed by atoms with Crippen LogP contribution in [-0.4, -0.2) is 21.5 Å². The van der Waals surface area contributed by atoms with Crippen LogP contribution in [0.1, 0.15) is 12.8 Å². The number of hydrogen-bond donors (Lipinski definition) is 3. The molecule has 13 heavy (non-hydrogen) atoms. The molecule has 1 heterocycles. The third kappa shape index (κ3) is 2.17. The number of nitrogens with one attached hydrogen (secondary N) is 1. The van der Waals surface area contributed by atoms with E-state index in [0.29, 0.717) is 5.95 Å². The highest BCUT2D eigenvalue weighted by Crippen LogP contribution is 2.28. The van der Waals surface area contributed by atoms with Crippen molar-refractivity contribution in [2.24, 2.45) is 5.92 Å². The zero-order valence-electron chi connectivity index (χ0n) is 7.20. The van der Waals surface area contributed by atoms with Gasteiger partial charge in [-0.1, -0.05) is 0 Å². The quantitative estimate of drug-likeness (QED) is 0.598. The average Bonchev–Trinajstić information content (AvgIpc) is 2.81. The molecule has 1 aromatic rings. The summed E-state index contributed by atoms with van der Waals surface area (Å²) in [6, 6.07) is 0. The van der Waals surface area contributed by atoms with E-state index in [-0.39, 0.29) is 11.9 Å². The van der Waals surface area contributed by atoms with Crippen molar-refractivity contribution in [2.45, 2.75) is 12.8 Å². The van der Waals surface area contributed by atoms with Crippen LogP contribution < -0.4 is 16.8 Å². The van der Waals surface area contributed by atoms with E-state index >= 15 is 0 Å². The molecule has 2 rings (SSSR count). The zero-order valence-corrected chi connectivity index (χ0v) is 7.20. The van der Waals surface area contributed by atoms with Gasteiger partial charge < -0.3 is 16.8 Å². The summed E-state index contributed by atoms with van der Waals surface area (Å²) >= 11 is 0. The van der Waals surface area contributed by atoms with Crippen molar-refractivity contribution < 1.29 is 0 Å². The number of anilines is 3. The standard InChI is InChI=1S/C7H12N6/c8-5-11-6(9)13-7(12-5)10-3-4-1-2-4/h4H,1-3H2,(H5,8,9,10,11,12,13). The Morgan fingerprint density at radius 1 is 1.15 bits per heavy atom. The van der Waals surface area contributed by atoms with Crippen LogP contribution >= 0.6 is 0 Å². The summed E-state index contributed by atoms with van der Waals surface area (Å²) < 4.78 is 0. The average molecular weight is 180 g/mol. The molecular formula is C7H12N6. The molecule has 1 fully saturated rings. The highest BCUT2D eigenvalue weighted by molar-refractivity contribution is 5.37. The van der Waals surface area contributed by atoms with Crippen molar-refractivity contribution >= 4 is 17.8 Å². The minimum absolute atomic E-state index is 0.158. The lowest BCUT2D eigenvalue weighted by molar-refractivity contribution is 0.871. The molecule has 5 N–H and O–H groups in total. The fourth-order valence-electron chi connectivity index (χ4n) is 1.05. The number of rotatable bonds is 3. The van der Waals surface area contributed by atoms with Crippen LogP contribution in [-0.2, 0) is 0 Å². The van der Waals surface area contributed by atoms with Crippen molar-refractivity contribution in [2.75, 3.05) is 23.3 Å². The van der Waals surface area contributed by atoms with E-state index in [1.54, 1.807) is 0 Å². The number of nitrogens with two attached hydrogens (primary N) is 2. The van der Waals surface area contributed by atoms with E-state index in [0.717, 1.165) is 12.5 Å². The second kappa shape index (κ2) is 3.04. The van der Waals surface area contributed by atoms with Crippen LogP contribution in [0.2, 0.25) is 0 Å². The van der Waals surface area contributed by atoms with Crippen molar-refractivity contribution in [3.63, 3.8) is 0 Å². The SMILES string of the molecule is Nc1nc(N)nc(NCC2CC2)n1. The summed E-state index contributed by atoms with van der Waals surface area (Å²) in [5.41, 5.74) is 10.8. The Kier molecular flexibility index (Phi) is 1.88. The molecule has 0 unspecified atom stereocenters. The maximum Gasteiger partial charge on any atom is 0.229 e. The van der Waals surface area contributed by atoms with E-state index < -0.39 is 0 Å². The first-order chi connectivity index (χ1) is 6.24. The normalized spacial score (nSPS) is 15.7. The summed E-state index contributed by atoms with van der Waals surface area (Å²) in [5, 5.41) is 3.07. The topological polar surface area (TPSA) is 103 Å². The molecule has 70 valence electrons. The van der Waals surface area contributed by atoms with Gasteiger partial charge in [-0.25, -0.2) is 0 Å². The predicted octanol–water partition coefficient (Wildman–Crippen LogP) is -0.142. The van der Waals surface area contributed by atoms with E-state index in [9.17, 15) is 0 Å². The van der Waals surface area contributed by atoms with Gasteiger partial charge in [0.15, 0.2) is 0 Å². The minimum atomic E-state index is 0.158. The highest BCUT2D eigenvalue weighted by Gasteiger charge is 2.21. The molecular weight excluding hydrogens is 168 g/mol. The number of hydrogen-bond acceptors (Lipinski definition) is 6. The third-order valence-corrected chi connectivity index (χ3v) is 1.92. The summed E-state index contributed by atoms with van der Waals surface area (Å²) in [6.45, 7) is 0.892. The molecule has 6 nitrogen and oxygen atoms in total. The largest absolute Gasteiger partial charge is 0.368 e. The molecule has 0 amide bonds. The maximum atomic E-state index is 5.40. The third-order valence-electron chi connectivity index (χ3n) is 1.92. The Morgan fingerprint density at radius 3 is 2.31 bits per heavy atom. The minimum Gasteiger partial charge on any atom is -0.368 e. The Morgan fingerprint density at radius 2 is 1.77 bits per heavy atom. The molecule has 1 aliphatic carbocycles. The van der Waals surface area contributed by atoms with E-state index in [4.69, 9.17) is 11.5 Å². The first-order valence-corrected chi connectivity index (χ1v) is 4.25. The van der Waals surface area contributed by atoms with Gasteiger partial charge in [0.1, 0.15) is 0 Å². The molecule has 0 bridgehead atoms. The Bertz CT molecular complexity index is 288. The highest BCUT2D eigenvalue weighted by atomic mass is 15.2. The monoisotopic (exact) mass is 180 g/mol. The van der Waals surface area contributed by atoms with Gasteiger partial charge in [0, 0.05) is 6.54 Å². The van der Waals surface area contributed by atoms with Crippen LogP contribution in [0.3, 0.4) is 0 Å². The lowest BCUT2D eigenvalue weighted by atomic mass is 10.4. The Labute approximate surface area is 75.8 Å². The van der Waals surface area contributed by atoms with Crippen LogP contribution in [0.5, 0.6) is 0 Å². The predicted molar refractivity (Wildman–Crippen MR) is 49.9 cm³/mol. The molecule has 1 saturated carbocycles. The van der Waals surface area contributed by atoms with Gasteiger partial charge >= 0.3 is 0 Å². The molecule has 6 heteroatoms. The summed E-state index contributed by atoms with van der Waals surface area (Å²) in [7, 11) is 0. The Balaban J connectivity index is 2.01. The molecule has 0 saturated heterocycles. The van der Waals surface area contributed by atoms with Crippen molar-refractivity contribution in [3.8, 4) is 0 Å². The fourth-order valence-corrected chi connectivity index (χ4v) is 1.05. The van der Waals surface area contributed by atoms with Gasteiger partial charge in [-0.15, -0.1) is 0 Å². The Hall–Kier alpha value is -1.59. The van der Waals surface area contributed by atoms with Crippen LogP contribution in [0.25, 0.3) is 0 Å². The number of nitrogen functional groups attached to an aromatic ring is 2.